The van der Waals surface area contributed by atoms with Gasteiger partial charge in [0.2, 0.25) is 0 Å². The molecule has 0 aliphatic carbocycles. The molecule has 0 aliphatic heterocycles. The zero-order valence-corrected chi connectivity index (χ0v) is 9.04. The standard InChI is InChI=1S/C11H12O2S/c1-14(2)9-5-3-8-4-6-11(12)13-10(8)7-9/h3-7,14H,1-2H3. The largest absolute Gasteiger partial charge is 0.423 e. The summed E-state index contributed by atoms with van der Waals surface area (Å²) in [6, 6.07) is 9.29. The minimum atomic E-state index is -0.286. The summed E-state index contributed by atoms with van der Waals surface area (Å²) in [4.78, 5) is 12.3. The highest BCUT2D eigenvalue weighted by Crippen LogP contribution is 2.30. The first kappa shape index (κ1) is 9.34. The van der Waals surface area contributed by atoms with Gasteiger partial charge in [0.1, 0.15) is 5.58 Å². The summed E-state index contributed by atoms with van der Waals surface area (Å²) in [5.41, 5.74) is 0.400. The van der Waals surface area contributed by atoms with E-state index < -0.39 is 0 Å². The Bertz CT molecular complexity index is 514. The average molecular weight is 208 g/mol. The highest BCUT2D eigenvalue weighted by atomic mass is 32.2. The molecule has 1 aromatic carbocycles. The minimum Gasteiger partial charge on any atom is -0.423 e. The maximum atomic E-state index is 11.0. The molecule has 2 rings (SSSR count). The fraction of sp³-hybridized carbons (Fsp3) is 0.182. The fourth-order valence-corrected chi connectivity index (χ4v) is 2.08. The Labute approximate surface area is 84.9 Å². The topological polar surface area (TPSA) is 30.2 Å². The first-order valence-electron chi connectivity index (χ1n) is 4.38. The first-order valence-corrected chi connectivity index (χ1v) is 6.62. The molecule has 74 valence electrons. The van der Waals surface area contributed by atoms with E-state index in [9.17, 15) is 4.79 Å². The number of benzene rings is 1. The summed E-state index contributed by atoms with van der Waals surface area (Å²) in [6.45, 7) is 0. The van der Waals surface area contributed by atoms with Crippen molar-refractivity contribution in [2.75, 3.05) is 12.5 Å². The molecule has 0 atom stereocenters. The summed E-state index contributed by atoms with van der Waals surface area (Å²) in [5.74, 6) is 0. The monoisotopic (exact) mass is 208 g/mol. The molecule has 1 aromatic heterocycles. The summed E-state index contributed by atoms with van der Waals surface area (Å²) in [6.07, 6.45) is 4.36. The van der Waals surface area contributed by atoms with E-state index in [4.69, 9.17) is 4.42 Å². The van der Waals surface area contributed by atoms with Gasteiger partial charge in [-0.2, -0.15) is 0 Å². The van der Waals surface area contributed by atoms with Crippen LogP contribution in [0.3, 0.4) is 0 Å². The second-order valence-corrected chi connectivity index (χ2v) is 5.68. The molecule has 0 N–H and O–H groups in total. The molecule has 2 aromatic rings. The molecule has 0 amide bonds. The van der Waals surface area contributed by atoms with Gasteiger partial charge in [-0.1, -0.05) is 6.07 Å². The van der Waals surface area contributed by atoms with Crippen molar-refractivity contribution < 1.29 is 4.42 Å². The van der Waals surface area contributed by atoms with E-state index in [0.717, 1.165) is 5.39 Å². The second kappa shape index (κ2) is 3.50. The van der Waals surface area contributed by atoms with Crippen LogP contribution >= 0.6 is 10.9 Å². The quantitative estimate of drug-likeness (QED) is 0.576. The third kappa shape index (κ3) is 1.68. The highest BCUT2D eigenvalue weighted by Gasteiger charge is 2.00. The van der Waals surface area contributed by atoms with Crippen molar-refractivity contribution in [3.8, 4) is 0 Å². The average Bonchev–Trinajstić information content (AvgIpc) is 2.16. The smallest absolute Gasteiger partial charge is 0.336 e. The molecular weight excluding hydrogens is 196 g/mol. The zero-order chi connectivity index (χ0) is 10.1. The number of rotatable bonds is 1. The maximum absolute atomic E-state index is 11.0. The van der Waals surface area contributed by atoms with Crippen molar-refractivity contribution in [2.24, 2.45) is 0 Å². The van der Waals surface area contributed by atoms with Crippen molar-refractivity contribution in [3.63, 3.8) is 0 Å². The molecule has 0 saturated carbocycles. The van der Waals surface area contributed by atoms with Crippen LogP contribution in [0.5, 0.6) is 0 Å². The van der Waals surface area contributed by atoms with Crippen LogP contribution < -0.4 is 5.63 Å². The number of thiol groups is 1. The fourth-order valence-electron chi connectivity index (χ4n) is 1.33. The molecule has 1 heterocycles. The van der Waals surface area contributed by atoms with E-state index >= 15 is 0 Å². The molecule has 0 saturated heterocycles. The summed E-state index contributed by atoms with van der Waals surface area (Å²) in [7, 11) is -0.140. The zero-order valence-electron chi connectivity index (χ0n) is 8.15. The summed E-state index contributed by atoms with van der Waals surface area (Å²) < 4.78 is 5.11. The summed E-state index contributed by atoms with van der Waals surface area (Å²) in [5, 5.41) is 0.977. The molecule has 0 aliphatic rings. The third-order valence-electron chi connectivity index (χ3n) is 2.12. The van der Waals surface area contributed by atoms with E-state index in [1.807, 2.05) is 12.1 Å². The van der Waals surface area contributed by atoms with E-state index in [1.165, 1.54) is 11.0 Å². The molecule has 0 spiro atoms. The van der Waals surface area contributed by atoms with E-state index in [0.29, 0.717) is 5.58 Å². The van der Waals surface area contributed by atoms with Crippen LogP contribution in [-0.4, -0.2) is 12.5 Å². The number of fused-ring (bicyclic) bond motifs is 1. The van der Waals surface area contributed by atoms with Gasteiger partial charge < -0.3 is 4.42 Å². The van der Waals surface area contributed by atoms with Gasteiger partial charge in [0.05, 0.1) is 0 Å². The Balaban J connectivity index is 2.69. The van der Waals surface area contributed by atoms with Gasteiger partial charge in [0, 0.05) is 11.5 Å². The molecular formula is C11H12O2S. The Morgan fingerprint density at radius 2 is 1.86 bits per heavy atom. The van der Waals surface area contributed by atoms with Gasteiger partial charge >= 0.3 is 5.63 Å². The Hall–Kier alpha value is -1.22. The van der Waals surface area contributed by atoms with Gasteiger partial charge in [-0.15, -0.1) is 0 Å². The lowest BCUT2D eigenvalue weighted by atomic mass is 10.2. The van der Waals surface area contributed by atoms with E-state index in [-0.39, 0.29) is 16.5 Å². The van der Waals surface area contributed by atoms with Crippen molar-refractivity contribution in [3.05, 3.63) is 40.8 Å². The lowest BCUT2D eigenvalue weighted by Crippen LogP contribution is -1.94. The van der Waals surface area contributed by atoms with Gasteiger partial charge in [-0.05, 0) is 35.6 Å². The van der Waals surface area contributed by atoms with Crippen LogP contribution in [0.2, 0.25) is 0 Å². The Morgan fingerprint density at radius 3 is 2.57 bits per heavy atom. The van der Waals surface area contributed by atoms with E-state index in [2.05, 4.69) is 18.6 Å². The van der Waals surface area contributed by atoms with Crippen LogP contribution in [0.15, 0.2) is 44.4 Å². The maximum Gasteiger partial charge on any atom is 0.336 e. The van der Waals surface area contributed by atoms with Crippen molar-refractivity contribution >= 4 is 21.9 Å². The SMILES string of the molecule is C[SH](C)c1ccc2ccc(=O)oc2c1. The van der Waals surface area contributed by atoms with Crippen LogP contribution in [0.25, 0.3) is 11.0 Å². The molecule has 2 nitrogen and oxygen atoms in total. The molecule has 3 heteroatoms. The molecule has 14 heavy (non-hydrogen) atoms. The van der Waals surface area contributed by atoms with Gasteiger partial charge in [0.15, 0.2) is 0 Å². The predicted octanol–water partition coefficient (Wildman–Crippen LogP) is 2.41. The normalized spacial score (nSPS) is 11.7. The van der Waals surface area contributed by atoms with Crippen molar-refractivity contribution in [1.29, 1.82) is 0 Å². The van der Waals surface area contributed by atoms with Crippen LogP contribution in [0.4, 0.5) is 0 Å². The van der Waals surface area contributed by atoms with Gasteiger partial charge in [0.25, 0.3) is 0 Å². The second-order valence-electron chi connectivity index (χ2n) is 3.37. The lowest BCUT2D eigenvalue weighted by molar-refractivity contribution is 0.560. The first-order chi connectivity index (χ1) is 6.66. The molecule has 0 bridgehead atoms. The predicted molar refractivity (Wildman–Crippen MR) is 61.6 cm³/mol. The molecule has 0 unspecified atom stereocenters. The van der Waals surface area contributed by atoms with Crippen LogP contribution in [0.1, 0.15) is 0 Å². The highest BCUT2D eigenvalue weighted by molar-refractivity contribution is 8.15. The Kier molecular flexibility index (Phi) is 2.33. The van der Waals surface area contributed by atoms with Gasteiger partial charge in [-0.3, -0.25) is 0 Å². The third-order valence-corrected chi connectivity index (χ3v) is 3.43. The van der Waals surface area contributed by atoms with E-state index in [1.54, 1.807) is 6.07 Å². The van der Waals surface area contributed by atoms with Crippen LogP contribution in [-0.2, 0) is 0 Å². The minimum absolute atomic E-state index is 0.140. The van der Waals surface area contributed by atoms with Crippen molar-refractivity contribution in [2.45, 2.75) is 4.90 Å². The lowest BCUT2D eigenvalue weighted by Gasteiger charge is -2.09. The van der Waals surface area contributed by atoms with Crippen molar-refractivity contribution in [1.82, 2.24) is 0 Å². The number of hydrogen-bond donors (Lipinski definition) is 1. The van der Waals surface area contributed by atoms with Gasteiger partial charge in [-0.25, -0.2) is 15.7 Å². The molecule has 0 radical (unpaired) electrons. The number of hydrogen-bond acceptors (Lipinski definition) is 2. The Morgan fingerprint density at radius 1 is 1.14 bits per heavy atom. The summed E-state index contributed by atoms with van der Waals surface area (Å²) >= 11 is 0. The van der Waals surface area contributed by atoms with Crippen LogP contribution in [0, 0.1) is 0 Å². The molecule has 0 fully saturated rings.